The van der Waals surface area contributed by atoms with Crippen LogP contribution >= 0.6 is 0 Å². The van der Waals surface area contributed by atoms with Gasteiger partial charge in [-0.3, -0.25) is 4.90 Å². The second-order valence-corrected chi connectivity index (χ2v) is 6.03. The predicted molar refractivity (Wildman–Crippen MR) is 72.9 cm³/mol. The Labute approximate surface area is 109 Å². The van der Waals surface area contributed by atoms with Gasteiger partial charge in [0.2, 0.25) is 0 Å². The van der Waals surface area contributed by atoms with Crippen LogP contribution in [-0.4, -0.2) is 18.2 Å². The maximum absolute atomic E-state index is 12.2. The predicted octanol–water partition coefficient (Wildman–Crippen LogP) is 3.62. The Bertz CT molecular complexity index is 448. The maximum Gasteiger partial charge on any atom is 0.414 e. The van der Waals surface area contributed by atoms with Crippen LogP contribution in [-0.2, 0) is 11.2 Å². The van der Waals surface area contributed by atoms with Crippen LogP contribution in [0.5, 0.6) is 0 Å². The van der Waals surface area contributed by atoms with Crippen LogP contribution in [0.2, 0.25) is 0 Å². The molecule has 0 saturated carbocycles. The molecular formula is C15H21NO2. The monoisotopic (exact) mass is 247 g/mol. The number of carbonyl (C=O) groups excluding carboxylic acids is 1. The van der Waals surface area contributed by atoms with Gasteiger partial charge in [-0.2, -0.15) is 0 Å². The lowest BCUT2D eigenvalue weighted by molar-refractivity contribution is 0.0572. The molecule has 1 atom stereocenters. The van der Waals surface area contributed by atoms with Crippen LogP contribution in [0.3, 0.4) is 0 Å². The zero-order valence-electron chi connectivity index (χ0n) is 11.6. The smallest absolute Gasteiger partial charge is 0.414 e. The number of ether oxygens (including phenoxy) is 1. The third-order valence-electron chi connectivity index (χ3n) is 2.96. The first kappa shape index (κ1) is 12.9. The Morgan fingerprint density at radius 1 is 1.33 bits per heavy atom. The number of carbonyl (C=O) groups is 1. The Balaban J connectivity index is 2.26. The third-order valence-corrected chi connectivity index (χ3v) is 2.96. The summed E-state index contributed by atoms with van der Waals surface area (Å²) in [7, 11) is 0. The summed E-state index contributed by atoms with van der Waals surface area (Å²) in [6, 6.07) is 8.06. The molecule has 18 heavy (non-hydrogen) atoms. The topological polar surface area (TPSA) is 29.5 Å². The lowest BCUT2D eigenvalue weighted by atomic mass is 9.94. The Kier molecular flexibility index (Phi) is 3.33. The van der Waals surface area contributed by atoms with Gasteiger partial charge in [0, 0.05) is 6.54 Å². The lowest BCUT2D eigenvalue weighted by Crippen LogP contribution is -2.42. The average molecular weight is 247 g/mol. The van der Waals surface area contributed by atoms with E-state index < -0.39 is 5.60 Å². The highest BCUT2D eigenvalue weighted by Crippen LogP contribution is 2.30. The third kappa shape index (κ3) is 2.84. The fourth-order valence-corrected chi connectivity index (χ4v) is 2.29. The molecule has 1 aliphatic rings. The molecule has 1 heterocycles. The van der Waals surface area contributed by atoms with Crippen molar-refractivity contribution in [1.82, 2.24) is 0 Å². The summed E-state index contributed by atoms with van der Waals surface area (Å²) in [5.41, 5.74) is 1.76. The maximum atomic E-state index is 12.2. The highest BCUT2D eigenvalue weighted by molar-refractivity contribution is 5.89. The van der Waals surface area contributed by atoms with Gasteiger partial charge in [-0.15, -0.1) is 0 Å². The number of fused-ring (bicyclic) bond motifs is 1. The summed E-state index contributed by atoms with van der Waals surface area (Å²) in [5, 5.41) is 0. The molecule has 1 aromatic carbocycles. The molecule has 0 fully saturated rings. The molecule has 1 amide bonds. The normalized spacial score (nSPS) is 19.3. The van der Waals surface area contributed by atoms with Gasteiger partial charge >= 0.3 is 6.09 Å². The largest absolute Gasteiger partial charge is 0.443 e. The molecule has 98 valence electrons. The van der Waals surface area contributed by atoms with E-state index in [0.29, 0.717) is 5.92 Å². The first-order valence-electron chi connectivity index (χ1n) is 6.45. The highest BCUT2D eigenvalue weighted by atomic mass is 16.6. The lowest BCUT2D eigenvalue weighted by Gasteiger charge is -2.34. The fourth-order valence-electron chi connectivity index (χ4n) is 2.29. The molecule has 0 aliphatic carbocycles. The summed E-state index contributed by atoms with van der Waals surface area (Å²) in [4.78, 5) is 14.0. The van der Waals surface area contributed by atoms with E-state index >= 15 is 0 Å². The Morgan fingerprint density at radius 2 is 2.00 bits per heavy atom. The van der Waals surface area contributed by atoms with Crippen LogP contribution in [0.1, 0.15) is 33.3 Å². The molecule has 1 aromatic rings. The van der Waals surface area contributed by atoms with Crippen molar-refractivity contribution < 1.29 is 9.53 Å². The second-order valence-electron chi connectivity index (χ2n) is 6.03. The van der Waals surface area contributed by atoms with Crippen LogP contribution in [0.4, 0.5) is 10.5 Å². The number of para-hydroxylation sites is 1. The van der Waals surface area contributed by atoms with Crippen molar-refractivity contribution >= 4 is 11.8 Å². The first-order valence-corrected chi connectivity index (χ1v) is 6.45. The van der Waals surface area contributed by atoms with Gasteiger partial charge in [0.25, 0.3) is 0 Å². The summed E-state index contributed by atoms with van der Waals surface area (Å²) in [6.07, 6.45) is 0.775. The molecule has 3 nitrogen and oxygen atoms in total. The molecular weight excluding hydrogens is 226 g/mol. The van der Waals surface area contributed by atoms with Crippen molar-refractivity contribution in [3.8, 4) is 0 Å². The second kappa shape index (κ2) is 4.63. The first-order chi connectivity index (χ1) is 8.37. The molecule has 0 spiro atoms. The molecule has 2 rings (SSSR count). The summed E-state index contributed by atoms with van der Waals surface area (Å²) in [6.45, 7) is 8.57. The zero-order chi connectivity index (χ0) is 13.3. The minimum Gasteiger partial charge on any atom is -0.443 e. The highest BCUT2D eigenvalue weighted by Gasteiger charge is 2.29. The van der Waals surface area contributed by atoms with Crippen molar-refractivity contribution in [2.75, 3.05) is 11.4 Å². The average Bonchev–Trinajstić information content (AvgIpc) is 2.25. The SMILES string of the molecule is CC1Cc2ccccc2N(C(=O)OC(C)(C)C)C1. The van der Waals surface area contributed by atoms with Crippen molar-refractivity contribution in [3.63, 3.8) is 0 Å². The Hall–Kier alpha value is -1.51. The Morgan fingerprint density at radius 3 is 2.67 bits per heavy atom. The number of anilines is 1. The van der Waals surface area contributed by atoms with Crippen molar-refractivity contribution in [3.05, 3.63) is 29.8 Å². The quantitative estimate of drug-likeness (QED) is 0.700. The molecule has 0 bridgehead atoms. The number of nitrogens with zero attached hydrogens (tertiary/aromatic N) is 1. The number of rotatable bonds is 0. The molecule has 0 radical (unpaired) electrons. The van der Waals surface area contributed by atoms with Gasteiger partial charge < -0.3 is 4.74 Å². The molecule has 0 saturated heterocycles. The van der Waals surface area contributed by atoms with Crippen molar-refractivity contribution in [1.29, 1.82) is 0 Å². The molecule has 0 N–H and O–H groups in total. The van der Waals surface area contributed by atoms with Crippen LogP contribution in [0.25, 0.3) is 0 Å². The molecule has 0 aromatic heterocycles. The fraction of sp³-hybridized carbons (Fsp3) is 0.533. The minimum atomic E-state index is -0.452. The van der Waals surface area contributed by atoms with E-state index in [-0.39, 0.29) is 6.09 Å². The molecule has 3 heteroatoms. The minimum absolute atomic E-state index is 0.249. The van der Waals surface area contributed by atoms with E-state index in [1.807, 2.05) is 39.0 Å². The molecule has 1 unspecified atom stereocenters. The standard InChI is InChI=1S/C15H21NO2/c1-11-9-12-7-5-6-8-13(12)16(10-11)14(17)18-15(2,3)4/h5-8,11H,9-10H2,1-4H3. The zero-order valence-corrected chi connectivity index (χ0v) is 11.6. The van der Waals surface area contributed by atoms with Crippen LogP contribution < -0.4 is 4.90 Å². The van der Waals surface area contributed by atoms with Gasteiger partial charge in [-0.25, -0.2) is 4.79 Å². The van der Waals surface area contributed by atoms with E-state index in [9.17, 15) is 4.79 Å². The van der Waals surface area contributed by atoms with Crippen molar-refractivity contribution in [2.45, 2.75) is 39.7 Å². The molecule has 1 aliphatic heterocycles. The van der Waals surface area contributed by atoms with Gasteiger partial charge in [0.15, 0.2) is 0 Å². The summed E-state index contributed by atoms with van der Waals surface area (Å²) >= 11 is 0. The van der Waals surface area contributed by atoms with E-state index in [0.717, 1.165) is 18.7 Å². The number of benzene rings is 1. The summed E-state index contributed by atoms with van der Waals surface area (Å²) < 4.78 is 5.47. The van der Waals surface area contributed by atoms with E-state index in [1.54, 1.807) is 4.90 Å². The van der Waals surface area contributed by atoms with Gasteiger partial charge in [0.05, 0.1) is 5.69 Å². The number of hydrogen-bond acceptors (Lipinski definition) is 2. The number of amides is 1. The van der Waals surface area contributed by atoms with Crippen LogP contribution in [0.15, 0.2) is 24.3 Å². The van der Waals surface area contributed by atoms with Crippen molar-refractivity contribution in [2.24, 2.45) is 5.92 Å². The van der Waals surface area contributed by atoms with E-state index in [2.05, 4.69) is 13.0 Å². The van der Waals surface area contributed by atoms with E-state index in [4.69, 9.17) is 4.74 Å². The van der Waals surface area contributed by atoms with E-state index in [1.165, 1.54) is 5.56 Å². The summed E-state index contributed by atoms with van der Waals surface area (Å²) in [5.74, 6) is 0.465. The van der Waals surface area contributed by atoms with Gasteiger partial charge in [-0.05, 0) is 44.7 Å². The number of hydrogen-bond donors (Lipinski definition) is 0. The van der Waals surface area contributed by atoms with Crippen LogP contribution in [0, 0.1) is 5.92 Å². The van der Waals surface area contributed by atoms with Gasteiger partial charge in [0.1, 0.15) is 5.60 Å². The van der Waals surface area contributed by atoms with Gasteiger partial charge in [-0.1, -0.05) is 25.1 Å².